The monoisotopic (exact) mass is 463 g/mol. The summed E-state index contributed by atoms with van der Waals surface area (Å²) < 4.78 is 0. The van der Waals surface area contributed by atoms with E-state index in [1.165, 1.54) is 6.07 Å². The van der Waals surface area contributed by atoms with Gasteiger partial charge in [-0.25, -0.2) is 0 Å². The molecule has 0 atom stereocenters. The molecule has 0 N–H and O–H groups in total. The lowest BCUT2D eigenvalue weighted by atomic mass is 10.1. The highest BCUT2D eigenvalue weighted by atomic mass is 32.1. The first-order valence-corrected chi connectivity index (χ1v) is 11.7. The molecule has 1 heterocycles. The second kappa shape index (κ2) is 9.95. The zero-order valence-corrected chi connectivity index (χ0v) is 19.2. The van der Waals surface area contributed by atoms with Gasteiger partial charge in [-0.3, -0.25) is 19.7 Å². The van der Waals surface area contributed by atoms with Gasteiger partial charge in [0.1, 0.15) is 6.54 Å². The van der Waals surface area contributed by atoms with Crippen LogP contribution < -0.4 is 0 Å². The standard InChI is InChI=1S/C25H25N3O4S/c1-18-9-10-20(14-23(18)28(31)32)25(30)27(21-11-12-21)17-24(29)26(16-22-8-5-13-33-22)15-19-6-3-2-4-7-19/h2-10,13-14,21H,11-12,15-17H2,1H3. The van der Waals surface area contributed by atoms with Crippen LogP contribution in [0, 0.1) is 17.0 Å². The fourth-order valence-electron chi connectivity index (χ4n) is 3.73. The van der Waals surface area contributed by atoms with Crippen molar-refractivity contribution in [3.05, 3.63) is 97.7 Å². The van der Waals surface area contributed by atoms with Crippen molar-refractivity contribution in [2.75, 3.05) is 6.54 Å². The minimum atomic E-state index is -0.485. The van der Waals surface area contributed by atoms with E-state index in [0.29, 0.717) is 18.7 Å². The summed E-state index contributed by atoms with van der Waals surface area (Å²) in [7, 11) is 0. The Labute approximate surface area is 196 Å². The van der Waals surface area contributed by atoms with Crippen molar-refractivity contribution in [1.82, 2.24) is 9.80 Å². The van der Waals surface area contributed by atoms with Crippen LogP contribution in [0.2, 0.25) is 0 Å². The molecule has 0 saturated heterocycles. The average molecular weight is 464 g/mol. The molecule has 4 rings (SSSR count). The number of carbonyl (C=O) groups is 2. The molecule has 7 nitrogen and oxygen atoms in total. The molecule has 0 spiro atoms. The third-order valence-electron chi connectivity index (χ3n) is 5.70. The van der Waals surface area contributed by atoms with Crippen molar-refractivity contribution in [2.45, 2.75) is 38.9 Å². The number of benzene rings is 2. The van der Waals surface area contributed by atoms with E-state index in [-0.39, 0.29) is 35.7 Å². The lowest BCUT2D eigenvalue weighted by Crippen LogP contribution is -2.43. The minimum Gasteiger partial charge on any atom is -0.332 e. The van der Waals surface area contributed by atoms with E-state index in [1.54, 1.807) is 40.2 Å². The number of aryl methyl sites for hydroxylation is 1. The van der Waals surface area contributed by atoms with Gasteiger partial charge in [0.25, 0.3) is 11.6 Å². The molecular formula is C25H25N3O4S. The molecule has 0 aliphatic heterocycles. The second-order valence-electron chi connectivity index (χ2n) is 8.24. The molecule has 1 aliphatic rings. The summed E-state index contributed by atoms with van der Waals surface area (Å²) in [6, 6.07) is 18.2. The third-order valence-corrected chi connectivity index (χ3v) is 6.56. The van der Waals surface area contributed by atoms with Gasteiger partial charge >= 0.3 is 0 Å². The highest BCUT2D eigenvalue weighted by molar-refractivity contribution is 7.09. The molecule has 1 fully saturated rings. The third kappa shape index (κ3) is 5.64. The van der Waals surface area contributed by atoms with Crippen molar-refractivity contribution in [3.63, 3.8) is 0 Å². The maximum absolute atomic E-state index is 13.4. The lowest BCUT2D eigenvalue weighted by molar-refractivity contribution is -0.385. The summed E-state index contributed by atoms with van der Waals surface area (Å²) in [5.74, 6) is -0.487. The SMILES string of the molecule is Cc1ccc(C(=O)N(CC(=O)N(Cc2ccccc2)Cc2cccs2)C2CC2)cc1[N+](=O)[O-]. The number of carbonyl (C=O) groups excluding carboxylic acids is 2. The first-order valence-electron chi connectivity index (χ1n) is 10.8. The van der Waals surface area contributed by atoms with Gasteiger partial charge < -0.3 is 9.80 Å². The Hall–Kier alpha value is -3.52. The normalized spacial score (nSPS) is 12.9. The molecule has 0 bridgehead atoms. The van der Waals surface area contributed by atoms with Gasteiger partial charge in [0.05, 0.1) is 11.5 Å². The van der Waals surface area contributed by atoms with Crippen molar-refractivity contribution in [2.24, 2.45) is 0 Å². The molecular weight excluding hydrogens is 438 g/mol. The Kier molecular flexibility index (Phi) is 6.84. The van der Waals surface area contributed by atoms with E-state index in [4.69, 9.17) is 0 Å². The van der Waals surface area contributed by atoms with Crippen LogP contribution in [0.4, 0.5) is 5.69 Å². The van der Waals surface area contributed by atoms with Gasteiger partial charge in [0.2, 0.25) is 5.91 Å². The Balaban J connectivity index is 1.55. The number of hydrogen-bond acceptors (Lipinski definition) is 5. The summed E-state index contributed by atoms with van der Waals surface area (Å²) >= 11 is 1.59. The van der Waals surface area contributed by atoms with E-state index in [2.05, 4.69) is 0 Å². The Morgan fingerprint density at radius 2 is 1.82 bits per heavy atom. The Morgan fingerprint density at radius 1 is 1.06 bits per heavy atom. The van der Waals surface area contributed by atoms with Crippen molar-refractivity contribution in [1.29, 1.82) is 0 Å². The van der Waals surface area contributed by atoms with Crippen LogP contribution in [0.15, 0.2) is 66.0 Å². The molecule has 0 unspecified atom stereocenters. The van der Waals surface area contributed by atoms with Crippen LogP contribution in [0.5, 0.6) is 0 Å². The van der Waals surface area contributed by atoms with Gasteiger partial charge in [-0.15, -0.1) is 11.3 Å². The zero-order chi connectivity index (χ0) is 23.4. The molecule has 170 valence electrons. The van der Waals surface area contributed by atoms with E-state index in [9.17, 15) is 19.7 Å². The van der Waals surface area contributed by atoms with E-state index >= 15 is 0 Å². The van der Waals surface area contributed by atoms with Gasteiger partial charge in [-0.2, -0.15) is 0 Å². The summed E-state index contributed by atoms with van der Waals surface area (Å²) in [6.45, 7) is 2.50. The van der Waals surface area contributed by atoms with E-state index in [1.807, 2.05) is 47.8 Å². The number of nitro benzene ring substituents is 1. The maximum Gasteiger partial charge on any atom is 0.273 e. The number of rotatable bonds is 9. The maximum atomic E-state index is 13.4. The quantitative estimate of drug-likeness (QED) is 0.337. The topological polar surface area (TPSA) is 83.8 Å². The second-order valence-corrected chi connectivity index (χ2v) is 9.27. The van der Waals surface area contributed by atoms with Crippen molar-refractivity contribution < 1.29 is 14.5 Å². The fraction of sp³-hybridized carbons (Fsp3) is 0.280. The van der Waals surface area contributed by atoms with Crippen LogP contribution in [0.25, 0.3) is 0 Å². The molecule has 2 aromatic carbocycles. The van der Waals surface area contributed by atoms with E-state index in [0.717, 1.165) is 23.3 Å². The van der Waals surface area contributed by atoms with Crippen LogP contribution in [0.3, 0.4) is 0 Å². The van der Waals surface area contributed by atoms with Crippen molar-refractivity contribution >= 4 is 28.8 Å². The lowest BCUT2D eigenvalue weighted by Gasteiger charge is -2.28. The minimum absolute atomic E-state index is 0.0119. The van der Waals surface area contributed by atoms with Crippen LogP contribution in [0.1, 0.15) is 39.2 Å². The molecule has 2 amide bonds. The predicted octanol–water partition coefficient (Wildman–Crippen LogP) is 4.80. The molecule has 3 aromatic rings. The first-order chi connectivity index (χ1) is 15.9. The molecule has 33 heavy (non-hydrogen) atoms. The number of nitro groups is 1. The van der Waals surface area contributed by atoms with Gasteiger partial charge in [0.15, 0.2) is 0 Å². The van der Waals surface area contributed by atoms with Gasteiger partial charge in [-0.1, -0.05) is 42.5 Å². The number of nitrogens with zero attached hydrogens (tertiary/aromatic N) is 3. The largest absolute Gasteiger partial charge is 0.332 e. The van der Waals surface area contributed by atoms with Crippen LogP contribution in [-0.4, -0.2) is 39.1 Å². The molecule has 0 radical (unpaired) electrons. The van der Waals surface area contributed by atoms with E-state index < -0.39 is 4.92 Å². The average Bonchev–Trinajstić information content (AvgIpc) is 3.52. The molecule has 8 heteroatoms. The summed E-state index contributed by atoms with van der Waals surface area (Å²) in [4.78, 5) is 41.9. The molecule has 1 saturated carbocycles. The van der Waals surface area contributed by atoms with Crippen LogP contribution >= 0.6 is 11.3 Å². The first kappa shape index (κ1) is 22.7. The number of hydrogen-bond donors (Lipinski definition) is 0. The highest BCUT2D eigenvalue weighted by Crippen LogP contribution is 2.30. The fourth-order valence-corrected chi connectivity index (χ4v) is 4.45. The number of amides is 2. The Morgan fingerprint density at radius 3 is 2.45 bits per heavy atom. The zero-order valence-electron chi connectivity index (χ0n) is 18.3. The smallest absolute Gasteiger partial charge is 0.273 e. The predicted molar refractivity (Wildman–Crippen MR) is 127 cm³/mol. The van der Waals surface area contributed by atoms with Crippen LogP contribution in [-0.2, 0) is 17.9 Å². The highest BCUT2D eigenvalue weighted by Gasteiger charge is 2.36. The number of thiophene rings is 1. The summed E-state index contributed by atoms with van der Waals surface area (Å²) in [5.41, 5.74) is 1.66. The molecule has 1 aromatic heterocycles. The van der Waals surface area contributed by atoms with Gasteiger partial charge in [0, 0.05) is 34.7 Å². The van der Waals surface area contributed by atoms with Crippen molar-refractivity contribution in [3.8, 4) is 0 Å². The summed E-state index contributed by atoms with van der Waals surface area (Å²) in [5, 5.41) is 13.3. The molecule has 1 aliphatic carbocycles. The summed E-state index contributed by atoms with van der Waals surface area (Å²) in [6.07, 6.45) is 1.66. The Bertz CT molecular complexity index is 1140. The van der Waals surface area contributed by atoms with Gasteiger partial charge in [-0.05, 0) is 42.8 Å².